The van der Waals surface area contributed by atoms with E-state index in [1.807, 2.05) is 24.8 Å². The van der Waals surface area contributed by atoms with Gasteiger partial charge in [0, 0.05) is 0 Å². The maximum Gasteiger partial charge on any atom is 1.00 e. The first-order valence-corrected chi connectivity index (χ1v) is 3.81. The topological polar surface area (TPSA) is 0 Å². The zero-order chi connectivity index (χ0) is 6.41. The van der Waals surface area contributed by atoms with Gasteiger partial charge in [0.1, 0.15) is 0 Å². The minimum Gasteiger partial charge on any atom is -0.233 e. The Labute approximate surface area is 74.7 Å². The van der Waals surface area contributed by atoms with Crippen molar-refractivity contribution in [2.75, 3.05) is 0 Å². The Kier molecular flexibility index (Phi) is 11.7. The first-order valence-electron chi connectivity index (χ1n) is 2.87. The molecule has 0 rings (SSSR count). The molecule has 2 heteroatoms. The van der Waals surface area contributed by atoms with Crippen LogP contribution in [0.5, 0.6) is 0 Å². The van der Waals surface area contributed by atoms with Gasteiger partial charge in [-0.3, -0.25) is 0 Å². The van der Waals surface area contributed by atoms with Crippen molar-refractivity contribution in [1.29, 1.82) is 0 Å². The summed E-state index contributed by atoms with van der Waals surface area (Å²) in [5.41, 5.74) is 0. The second-order valence-corrected chi connectivity index (χ2v) is 3.33. The molecule has 0 spiro atoms. The standard InChI is InChI=1S/C7H13S.Li/c1-4-5-6-8-7(2)3;/h4-7H,1-3H3;/q-1;+1. The van der Waals surface area contributed by atoms with Crippen molar-refractivity contribution < 1.29 is 18.9 Å². The van der Waals surface area contributed by atoms with Gasteiger partial charge >= 0.3 is 18.9 Å². The molecule has 0 bridgehead atoms. The third-order valence-electron chi connectivity index (χ3n) is 0.622. The van der Waals surface area contributed by atoms with Crippen molar-refractivity contribution in [3.63, 3.8) is 0 Å². The molecule has 9 heavy (non-hydrogen) atoms. The van der Waals surface area contributed by atoms with Crippen LogP contribution in [0.4, 0.5) is 0 Å². The van der Waals surface area contributed by atoms with Crippen LogP contribution < -0.4 is 18.9 Å². The van der Waals surface area contributed by atoms with E-state index in [0.717, 1.165) is 0 Å². The summed E-state index contributed by atoms with van der Waals surface area (Å²) in [4.78, 5) is 0. The molecule has 0 aliphatic carbocycles. The molecule has 0 unspecified atom stereocenters. The molecule has 0 aliphatic rings. The minimum absolute atomic E-state index is 0. The van der Waals surface area contributed by atoms with Crippen LogP contribution in [-0.2, 0) is 0 Å². The van der Waals surface area contributed by atoms with Crippen LogP contribution in [0, 0.1) is 5.75 Å². The minimum atomic E-state index is 0. The van der Waals surface area contributed by atoms with E-state index < -0.39 is 0 Å². The summed E-state index contributed by atoms with van der Waals surface area (Å²) < 4.78 is 0. The predicted octanol–water partition coefficient (Wildman–Crippen LogP) is -0.130. The number of hydrogen-bond donors (Lipinski definition) is 0. The van der Waals surface area contributed by atoms with Crippen LogP contribution in [0.1, 0.15) is 20.8 Å². The molecule has 0 nitrogen and oxygen atoms in total. The molecule has 0 fully saturated rings. The SMILES string of the molecule is CC=C[CH-]SC(C)C.[Li+]. The predicted molar refractivity (Wildman–Crippen MR) is 41.8 cm³/mol. The van der Waals surface area contributed by atoms with Crippen molar-refractivity contribution in [1.82, 2.24) is 0 Å². The number of rotatable bonds is 3. The summed E-state index contributed by atoms with van der Waals surface area (Å²) >= 11 is 1.84. The van der Waals surface area contributed by atoms with Crippen molar-refractivity contribution >= 4 is 11.8 Å². The second-order valence-electron chi connectivity index (χ2n) is 1.85. The molecular formula is C7H13LiS. The molecule has 0 heterocycles. The molecule has 0 aromatic rings. The summed E-state index contributed by atoms with van der Waals surface area (Å²) in [5, 5.41) is 0.714. The maximum absolute atomic E-state index is 2.19. The van der Waals surface area contributed by atoms with Gasteiger partial charge in [0.25, 0.3) is 0 Å². The Balaban J connectivity index is 0. The van der Waals surface area contributed by atoms with Gasteiger partial charge in [-0.05, 0) is 5.25 Å². The monoisotopic (exact) mass is 136 g/mol. The fourth-order valence-corrected chi connectivity index (χ4v) is 0.843. The van der Waals surface area contributed by atoms with Crippen molar-refractivity contribution in [2.24, 2.45) is 0 Å². The van der Waals surface area contributed by atoms with E-state index in [4.69, 9.17) is 0 Å². The number of thioether (sulfide) groups is 1. The van der Waals surface area contributed by atoms with Crippen molar-refractivity contribution in [3.8, 4) is 0 Å². The molecule has 0 atom stereocenters. The normalized spacial score (nSPS) is 9.78. The summed E-state index contributed by atoms with van der Waals surface area (Å²) in [6, 6.07) is 0. The summed E-state index contributed by atoms with van der Waals surface area (Å²) in [6.45, 7) is 6.40. The summed E-state index contributed by atoms with van der Waals surface area (Å²) in [5.74, 6) is 2.12. The Morgan fingerprint density at radius 1 is 1.44 bits per heavy atom. The largest absolute Gasteiger partial charge is 1.00 e. The van der Waals surface area contributed by atoms with Gasteiger partial charge in [-0.25, -0.2) is 23.9 Å². The van der Waals surface area contributed by atoms with Gasteiger partial charge in [0.15, 0.2) is 0 Å². The molecule has 0 aromatic carbocycles. The van der Waals surface area contributed by atoms with Gasteiger partial charge in [0.05, 0.1) is 0 Å². The zero-order valence-electron chi connectivity index (χ0n) is 6.72. The maximum atomic E-state index is 2.19. The third-order valence-corrected chi connectivity index (χ3v) is 1.48. The van der Waals surface area contributed by atoms with Crippen LogP contribution in [0.25, 0.3) is 0 Å². The van der Waals surface area contributed by atoms with Gasteiger partial charge in [-0.15, -0.1) is 6.92 Å². The average Bonchev–Trinajstić information content (AvgIpc) is 1.66. The van der Waals surface area contributed by atoms with Gasteiger partial charge < -0.3 is 0 Å². The van der Waals surface area contributed by atoms with E-state index >= 15 is 0 Å². The Morgan fingerprint density at radius 3 is 2.33 bits per heavy atom. The zero-order valence-corrected chi connectivity index (χ0v) is 7.53. The summed E-state index contributed by atoms with van der Waals surface area (Å²) in [7, 11) is 0. The first kappa shape index (κ1) is 12.3. The van der Waals surface area contributed by atoms with Gasteiger partial charge in [-0.1, -0.05) is 13.8 Å². The first-order chi connectivity index (χ1) is 3.77. The molecule has 0 aromatic heterocycles. The Morgan fingerprint density at radius 2 is 2.00 bits per heavy atom. The molecule has 0 N–H and O–H groups in total. The van der Waals surface area contributed by atoms with Gasteiger partial charge in [0.2, 0.25) is 0 Å². The van der Waals surface area contributed by atoms with Crippen LogP contribution in [0.3, 0.4) is 0 Å². The number of allylic oxidation sites excluding steroid dienone is 1. The quantitative estimate of drug-likeness (QED) is 0.385. The molecular weight excluding hydrogens is 123 g/mol. The fraction of sp³-hybridized carbons (Fsp3) is 0.571. The van der Waals surface area contributed by atoms with E-state index in [2.05, 4.69) is 25.7 Å². The van der Waals surface area contributed by atoms with Crippen LogP contribution in [0.15, 0.2) is 12.2 Å². The molecule has 48 valence electrons. The number of hydrogen-bond acceptors (Lipinski definition) is 1. The second kappa shape index (κ2) is 8.56. The van der Waals surface area contributed by atoms with Gasteiger partial charge in [-0.2, -0.15) is 5.75 Å². The molecule has 0 aliphatic heterocycles. The smallest absolute Gasteiger partial charge is 0.233 e. The van der Waals surface area contributed by atoms with E-state index in [9.17, 15) is 0 Å². The third kappa shape index (κ3) is 11.9. The van der Waals surface area contributed by atoms with Crippen LogP contribution in [0.2, 0.25) is 0 Å². The van der Waals surface area contributed by atoms with Crippen molar-refractivity contribution in [2.45, 2.75) is 26.0 Å². The van der Waals surface area contributed by atoms with E-state index in [1.165, 1.54) is 0 Å². The Hall–Kier alpha value is 0.557. The average molecular weight is 136 g/mol. The van der Waals surface area contributed by atoms with Crippen molar-refractivity contribution in [3.05, 3.63) is 17.9 Å². The molecule has 0 saturated heterocycles. The van der Waals surface area contributed by atoms with E-state index in [-0.39, 0.29) is 18.9 Å². The van der Waals surface area contributed by atoms with Crippen LogP contribution in [-0.4, -0.2) is 5.25 Å². The molecule has 0 amide bonds. The van der Waals surface area contributed by atoms with E-state index in [0.29, 0.717) is 5.25 Å². The molecule has 0 radical (unpaired) electrons. The summed E-state index contributed by atoms with van der Waals surface area (Å²) in [6.07, 6.45) is 4.10. The molecule has 0 saturated carbocycles. The van der Waals surface area contributed by atoms with E-state index in [1.54, 1.807) is 0 Å². The Bertz CT molecular complexity index is 69.3. The van der Waals surface area contributed by atoms with Crippen LogP contribution >= 0.6 is 11.8 Å². The fourth-order valence-electron chi connectivity index (χ4n) is 0.281.